The molecule has 1 aromatic carbocycles. The molecule has 0 fully saturated rings. The van der Waals surface area contributed by atoms with Gasteiger partial charge < -0.3 is 4.74 Å². The number of aliphatic imine (C=N–C) groups is 1. The average molecular weight is 290 g/mol. The molecule has 0 aliphatic carbocycles. The van der Waals surface area contributed by atoms with E-state index in [1.54, 1.807) is 12.1 Å². The topological polar surface area (TPSA) is 50.7 Å². The van der Waals surface area contributed by atoms with Crippen LogP contribution in [0, 0.1) is 12.8 Å². The number of ether oxygens (including phenoxy) is 1. The smallest absolute Gasteiger partial charge is 0.291 e. The number of nitrogens with one attached hydrogen (secondary N) is 1. The average Bonchev–Trinajstić information content (AvgIpc) is 2.45. The highest BCUT2D eigenvalue weighted by molar-refractivity contribution is 6.04. The van der Waals surface area contributed by atoms with E-state index in [0.29, 0.717) is 24.1 Å². The van der Waals surface area contributed by atoms with E-state index in [9.17, 15) is 4.79 Å². The van der Waals surface area contributed by atoms with Crippen molar-refractivity contribution in [2.75, 3.05) is 6.61 Å². The SMILES string of the molecule is CCCOC(=N[C@@H](C)C(C)C)NC(=O)c1ccc(C)cc1. The van der Waals surface area contributed by atoms with Gasteiger partial charge in [0, 0.05) is 5.56 Å². The van der Waals surface area contributed by atoms with Gasteiger partial charge in [0.15, 0.2) is 0 Å². The Labute approximate surface area is 127 Å². The second-order valence-electron chi connectivity index (χ2n) is 5.59. The van der Waals surface area contributed by atoms with Crippen molar-refractivity contribution in [3.8, 4) is 0 Å². The lowest BCUT2D eigenvalue weighted by Gasteiger charge is -2.15. The third-order valence-electron chi connectivity index (χ3n) is 3.26. The van der Waals surface area contributed by atoms with E-state index in [2.05, 4.69) is 24.2 Å². The normalized spacial score (nSPS) is 13.1. The van der Waals surface area contributed by atoms with Crippen LogP contribution >= 0.6 is 0 Å². The molecule has 21 heavy (non-hydrogen) atoms. The summed E-state index contributed by atoms with van der Waals surface area (Å²) >= 11 is 0. The molecule has 1 amide bonds. The fraction of sp³-hybridized carbons (Fsp3) is 0.529. The molecule has 4 nitrogen and oxygen atoms in total. The monoisotopic (exact) mass is 290 g/mol. The molecule has 0 bridgehead atoms. The van der Waals surface area contributed by atoms with E-state index in [1.807, 2.05) is 32.9 Å². The van der Waals surface area contributed by atoms with E-state index < -0.39 is 0 Å². The summed E-state index contributed by atoms with van der Waals surface area (Å²) in [6, 6.07) is 7.82. The van der Waals surface area contributed by atoms with Gasteiger partial charge in [0.25, 0.3) is 11.9 Å². The van der Waals surface area contributed by atoms with Crippen molar-refractivity contribution in [3.63, 3.8) is 0 Å². The Bertz CT molecular complexity index is 478. The number of hydrogen-bond donors (Lipinski definition) is 1. The third-order valence-corrected chi connectivity index (χ3v) is 3.26. The molecule has 4 heteroatoms. The number of rotatable bonds is 5. The second-order valence-corrected chi connectivity index (χ2v) is 5.59. The van der Waals surface area contributed by atoms with Gasteiger partial charge >= 0.3 is 0 Å². The number of amides is 1. The number of hydrogen-bond acceptors (Lipinski definition) is 3. The first-order valence-corrected chi connectivity index (χ1v) is 7.52. The predicted molar refractivity (Wildman–Crippen MR) is 86.6 cm³/mol. The third kappa shape index (κ3) is 5.98. The highest BCUT2D eigenvalue weighted by atomic mass is 16.5. The van der Waals surface area contributed by atoms with E-state index in [-0.39, 0.29) is 11.9 Å². The summed E-state index contributed by atoms with van der Waals surface area (Å²) < 4.78 is 5.55. The van der Waals surface area contributed by atoms with Crippen molar-refractivity contribution in [3.05, 3.63) is 35.4 Å². The quantitative estimate of drug-likeness (QED) is 0.666. The zero-order valence-corrected chi connectivity index (χ0v) is 13.6. The molecule has 1 rings (SSSR count). The van der Waals surface area contributed by atoms with Gasteiger partial charge in [-0.3, -0.25) is 10.1 Å². The molecule has 0 radical (unpaired) electrons. The zero-order chi connectivity index (χ0) is 15.8. The maximum absolute atomic E-state index is 12.2. The predicted octanol–water partition coefficient (Wildman–Crippen LogP) is 3.55. The maximum Gasteiger partial charge on any atom is 0.291 e. The largest absolute Gasteiger partial charge is 0.465 e. The molecule has 0 saturated carbocycles. The molecule has 1 aromatic rings. The molecular formula is C17H26N2O2. The van der Waals surface area contributed by atoms with Gasteiger partial charge in [-0.1, -0.05) is 38.5 Å². The van der Waals surface area contributed by atoms with E-state index in [1.165, 1.54) is 0 Å². The Kier molecular flexibility index (Phi) is 6.92. The Morgan fingerprint density at radius 3 is 2.38 bits per heavy atom. The van der Waals surface area contributed by atoms with Gasteiger partial charge in [0.2, 0.25) is 0 Å². The fourth-order valence-electron chi connectivity index (χ4n) is 1.51. The van der Waals surface area contributed by atoms with Crippen LogP contribution in [0.15, 0.2) is 29.3 Å². The van der Waals surface area contributed by atoms with Gasteiger partial charge in [-0.25, -0.2) is 4.99 Å². The Balaban J connectivity index is 2.80. The molecule has 1 N–H and O–H groups in total. The summed E-state index contributed by atoms with van der Waals surface area (Å²) in [5.74, 6) is 0.197. The van der Waals surface area contributed by atoms with Crippen LogP contribution in [-0.4, -0.2) is 24.6 Å². The zero-order valence-electron chi connectivity index (χ0n) is 13.6. The summed E-state index contributed by atoms with van der Waals surface area (Å²) in [4.78, 5) is 16.7. The van der Waals surface area contributed by atoms with Crippen molar-refractivity contribution in [2.45, 2.75) is 47.1 Å². The maximum atomic E-state index is 12.2. The lowest BCUT2D eigenvalue weighted by molar-refractivity contribution is 0.0965. The minimum Gasteiger partial charge on any atom is -0.465 e. The van der Waals surface area contributed by atoms with Crippen molar-refractivity contribution < 1.29 is 9.53 Å². The van der Waals surface area contributed by atoms with Gasteiger partial charge in [-0.2, -0.15) is 0 Å². The minimum absolute atomic E-state index is 0.0928. The number of benzene rings is 1. The summed E-state index contributed by atoms with van der Waals surface area (Å²) in [7, 11) is 0. The van der Waals surface area contributed by atoms with Crippen LogP contribution < -0.4 is 5.32 Å². The number of carbonyl (C=O) groups is 1. The highest BCUT2D eigenvalue weighted by Gasteiger charge is 2.13. The fourth-order valence-corrected chi connectivity index (χ4v) is 1.51. The van der Waals surface area contributed by atoms with Crippen LogP contribution in [0.3, 0.4) is 0 Å². The highest BCUT2D eigenvalue weighted by Crippen LogP contribution is 2.06. The first kappa shape index (κ1) is 17.2. The van der Waals surface area contributed by atoms with Crippen LogP contribution in [0.1, 0.15) is 50.0 Å². The van der Waals surface area contributed by atoms with E-state index >= 15 is 0 Å². The van der Waals surface area contributed by atoms with Crippen LogP contribution in [0.5, 0.6) is 0 Å². The summed E-state index contributed by atoms with van der Waals surface area (Å²) in [5.41, 5.74) is 1.72. The Hall–Kier alpha value is -1.84. The second kappa shape index (κ2) is 8.45. The molecule has 1 atom stereocenters. The number of nitrogens with zero attached hydrogens (tertiary/aromatic N) is 1. The molecule has 0 unspecified atom stereocenters. The molecular weight excluding hydrogens is 264 g/mol. The molecule has 0 aliphatic heterocycles. The summed E-state index contributed by atoms with van der Waals surface area (Å²) in [5, 5.41) is 2.76. The first-order chi connectivity index (χ1) is 9.93. The number of amidine groups is 1. The van der Waals surface area contributed by atoms with Gasteiger partial charge in [-0.05, 0) is 38.3 Å². The number of carbonyl (C=O) groups excluding carboxylic acids is 1. The number of aryl methyl sites for hydroxylation is 1. The van der Waals surface area contributed by atoms with Crippen molar-refractivity contribution in [1.29, 1.82) is 0 Å². The Morgan fingerprint density at radius 2 is 1.86 bits per heavy atom. The summed E-state index contributed by atoms with van der Waals surface area (Å²) in [6.45, 7) is 10.7. The van der Waals surface area contributed by atoms with Crippen LogP contribution in [0.25, 0.3) is 0 Å². The van der Waals surface area contributed by atoms with Crippen molar-refractivity contribution in [2.24, 2.45) is 10.9 Å². The molecule has 0 heterocycles. The lowest BCUT2D eigenvalue weighted by atomic mass is 10.1. The van der Waals surface area contributed by atoms with Crippen LogP contribution in [-0.2, 0) is 4.74 Å². The molecule has 116 valence electrons. The van der Waals surface area contributed by atoms with Crippen LogP contribution in [0.4, 0.5) is 0 Å². The van der Waals surface area contributed by atoms with E-state index in [0.717, 1.165) is 12.0 Å². The molecule has 0 saturated heterocycles. The molecule has 0 aliphatic rings. The Morgan fingerprint density at radius 1 is 1.24 bits per heavy atom. The lowest BCUT2D eigenvalue weighted by Crippen LogP contribution is -2.34. The van der Waals surface area contributed by atoms with Gasteiger partial charge in [0.1, 0.15) is 0 Å². The van der Waals surface area contributed by atoms with Crippen molar-refractivity contribution >= 4 is 11.9 Å². The van der Waals surface area contributed by atoms with Gasteiger partial charge in [0.05, 0.1) is 12.6 Å². The van der Waals surface area contributed by atoms with Gasteiger partial charge in [-0.15, -0.1) is 0 Å². The molecule has 0 aromatic heterocycles. The van der Waals surface area contributed by atoms with Crippen molar-refractivity contribution in [1.82, 2.24) is 5.32 Å². The molecule has 0 spiro atoms. The summed E-state index contributed by atoms with van der Waals surface area (Å²) in [6.07, 6.45) is 0.871. The van der Waals surface area contributed by atoms with Crippen LogP contribution in [0.2, 0.25) is 0 Å². The van der Waals surface area contributed by atoms with E-state index in [4.69, 9.17) is 4.74 Å². The first-order valence-electron chi connectivity index (χ1n) is 7.52. The minimum atomic E-state index is -0.194. The standard InChI is InChI=1S/C17H26N2O2/c1-6-11-21-17(18-14(5)12(2)3)19-16(20)15-9-7-13(4)8-10-15/h7-10,12,14H,6,11H2,1-5H3,(H,18,19,20)/t14-/m0/s1.